The Morgan fingerprint density at radius 3 is 2.08 bits per heavy atom. The Kier molecular flexibility index (Phi) is 6.53. The normalized spacial score (nSPS) is 12.5. The molecule has 0 amide bonds. The van der Waals surface area contributed by atoms with Crippen LogP contribution in [0.3, 0.4) is 0 Å². The maximum atomic E-state index is 5.39. The van der Waals surface area contributed by atoms with E-state index in [0.29, 0.717) is 6.04 Å². The van der Waals surface area contributed by atoms with Gasteiger partial charge >= 0.3 is 8.88 Å². The third-order valence-electron chi connectivity index (χ3n) is 1.66. The molecule has 0 radical (unpaired) electrons. The summed E-state index contributed by atoms with van der Waals surface area (Å²) >= 11 is 0. The lowest BCUT2D eigenvalue weighted by Crippen LogP contribution is -2.68. The van der Waals surface area contributed by atoms with E-state index in [2.05, 4.69) is 30.7 Å². The predicted octanol–water partition coefficient (Wildman–Crippen LogP) is 0.712. The Morgan fingerprint density at radius 1 is 1.23 bits per heavy atom. The third kappa shape index (κ3) is 4.73. The Morgan fingerprint density at radius 2 is 1.77 bits per heavy atom. The SMILES string of the molecule is CCCN[Si](NC(C)C)(OC)OC. The van der Waals surface area contributed by atoms with Crippen LogP contribution in [0, 0.1) is 0 Å². The third-order valence-corrected chi connectivity index (χ3v) is 4.48. The molecule has 0 aliphatic carbocycles. The summed E-state index contributed by atoms with van der Waals surface area (Å²) in [6.07, 6.45) is 1.07. The first-order valence-corrected chi connectivity index (χ1v) is 6.55. The Labute approximate surface area is 82.4 Å². The lowest BCUT2D eigenvalue weighted by atomic mass is 10.4. The van der Waals surface area contributed by atoms with Crippen LogP contribution in [0.1, 0.15) is 27.2 Å². The van der Waals surface area contributed by atoms with E-state index in [9.17, 15) is 0 Å². The van der Waals surface area contributed by atoms with Gasteiger partial charge in [-0.1, -0.05) is 20.8 Å². The minimum absolute atomic E-state index is 0.357. The van der Waals surface area contributed by atoms with Gasteiger partial charge in [0.05, 0.1) is 0 Å². The maximum absolute atomic E-state index is 5.39. The standard InChI is InChI=1S/C8H22N2O2Si/c1-6-7-9-13(11-4,12-5)10-8(2)3/h8-10H,6-7H2,1-5H3. The molecule has 0 saturated heterocycles. The van der Waals surface area contributed by atoms with E-state index >= 15 is 0 Å². The van der Waals surface area contributed by atoms with Crippen LogP contribution in [0.5, 0.6) is 0 Å². The second-order valence-corrected chi connectivity index (χ2v) is 5.94. The number of hydrogen-bond acceptors (Lipinski definition) is 4. The van der Waals surface area contributed by atoms with E-state index in [0.717, 1.165) is 13.0 Å². The Hall–Kier alpha value is 0.0569. The van der Waals surface area contributed by atoms with Crippen molar-refractivity contribution in [2.24, 2.45) is 0 Å². The van der Waals surface area contributed by atoms with Gasteiger partial charge in [-0.05, 0) is 13.0 Å². The molecule has 0 aromatic carbocycles. The van der Waals surface area contributed by atoms with Gasteiger partial charge in [-0.15, -0.1) is 0 Å². The minimum atomic E-state index is -2.33. The quantitative estimate of drug-likeness (QED) is 0.602. The van der Waals surface area contributed by atoms with Crippen molar-refractivity contribution in [2.45, 2.75) is 33.2 Å². The molecule has 0 fully saturated rings. The van der Waals surface area contributed by atoms with Gasteiger partial charge in [-0.3, -0.25) is 9.96 Å². The Balaban J connectivity index is 4.13. The average molecular weight is 206 g/mol. The van der Waals surface area contributed by atoms with Crippen molar-refractivity contribution >= 4 is 8.88 Å². The zero-order valence-electron chi connectivity index (χ0n) is 9.31. The van der Waals surface area contributed by atoms with E-state index in [1.54, 1.807) is 14.2 Å². The van der Waals surface area contributed by atoms with Gasteiger partial charge in [0.1, 0.15) is 0 Å². The molecule has 0 aliphatic rings. The molecule has 0 rings (SSSR count). The average Bonchev–Trinajstić information content (AvgIpc) is 2.12. The zero-order chi connectivity index (χ0) is 10.3. The predicted molar refractivity (Wildman–Crippen MR) is 56.3 cm³/mol. The molecule has 0 saturated carbocycles. The van der Waals surface area contributed by atoms with E-state index in [1.807, 2.05) is 0 Å². The number of hydrogen-bond donors (Lipinski definition) is 2. The highest BCUT2D eigenvalue weighted by molar-refractivity contribution is 6.62. The molecule has 5 heteroatoms. The van der Waals surface area contributed by atoms with Crippen molar-refractivity contribution in [2.75, 3.05) is 20.8 Å². The first kappa shape index (κ1) is 13.1. The summed E-state index contributed by atoms with van der Waals surface area (Å²) < 4.78 is 10.8. The fraction of sp³-hybridized carbons (Fsp3) is 1.00. The van der Waals surface area contributed by atoms with Gasteiger partial charge in [-0.2, -0.15) is 0 Å². The molecule has 0 unspecified atom stereocenters. The molecule has 0 bridgehead atoms. The second-order valence-electron chi connectivity index (χ2n) is 3.25. The first-order valence-electron chi connectivity index (χ1n) is 4.73. The van der Waals surface area contributed by atoms with Crippen molar-refractivity contribution in [1.82, 2.24) is 9.96 Å². The number of rotatable bonds is 7. The van der Waals surface area contributed by atoms with Gasteiger partial charge < -0.3 is 8.85 Å². The van der Waals surface area contributed by atoms with Gasteiger partial charge in [0.2, 0.25) is 0 Å². The summed E-state index contributed by atoms with van der Waals surface area (Å²) in [4.78, 5) is 6.61. The maximum Gasteiger partial charge on any atom is 0.516 e. The summed E-state index contributed by atoms with van der Waals surface area (Å²) in [7, 11) is 1.02. The molecule has 4 nitrogen and oxygen atoms in total. The summed E-state index contributed by atoms with van der Waals surface area (Å²) in [5.74, 6) is 0. The van der Waals surface area contributed by atoms with Gasteiger partial charge in [-0.25, -0.2) is 0 Å². The van der Waals surface area contributed by atoms with Crippen LogP contribution in [0.25, 0.3) is 0 Å². The highest BCUT2D eigenvalue weighted by atomic mass is 28.4. The topological polar surface area (TPSA) is 42.5 Å². The highest BCUT2D eigenvalue weighted by Gasteiger charge is 2.37. The molecule has 0 heterocycles. The summed E-state index contributed by atoms with van der Waals surface area (Å²) in [6.45, 7) is 7.18. The fourth-order valence-electron chi connectivity index (χ4n) is 1.07. The van der Waals surface area contributed by atoms with Gasteiger partial charge in [0, 0.05) is 20.3 Å². The van der Waals surface area contributed by atoms with E-state index in [4.69, 9.17) is 8.85 Å². The van der Waals surface area contributed by atoms with Crippen LogP contribution in [0.2, 0.25) is 0 Å². The van der Waals surface area contributed by atoms with Crippen LogP contribution in [-0.4, -0.2) is 35.7 Å². The van der Waals surface area contributed by atoms with Crippen LogP contribution < -0.4 is 9.96 Å². The largest absolute Gasteiger partial charge is 0.516 e. The van der Waals surface area contributed by atoms with Crippen LogP contribution in [0.15, 0.2) is 0 Å². The smallest absolute Gasteiger partial charge is 0.374 e. The molecule has 0 spiro atoms. The van der Waals surface area contributed by atoms with Crippen molar-refractivity contribution in [1.29, 1.82) is 0 Å². The van der Waals surface area contributed by atoms with E-state index in [1.165, 1.54) is 0 Å². The van der Waals surface area contributed by atoms with E-state index < -0.39 is 8.88 Å². The van der Waals surface area contributed by atoms with Gasteiger partial charge in [0.15, 0.2) is 0 Å². The molecule has 0 atom stereocenters. The zero-order valence-corrected chi connectivity index (χ0v) is 10.3. The number of nitrogens with one attached hydrogen (secondary N) is 2. The molecular formula is C8H22N2O2Si. The molecular weight excluding hydrogens is 184 g/mol. The lowest BCUT2D eigenvalue weighted by Gasteiger charge is -2.29. The van der Waals surface area contributed by atoms with Crippen LogP contribution in [-0.2, 0) is 8.85 Å². The van der Waals surface area contributed by atoms with E-state index in [-0.39, 0.29) is 0 Å². The summed E-state index contributed by atoms with van der Waals surface area (Å²) in [5, 5.41) is 0. The Bertz CT molecular complexity index is 129. The molecule has 0 aromatic rings. The first-order chi connectivity index (χ1) is 6.10. The second kappa shape index (κ2) is 6.50. The van der Waals surface area contributed by atoms with Crippen LogP contribution >= 0.6 is 0 Å². The fourth-order valence-corrected chi connectivity index (χ4v) is 3.20. The monoisotopic (exact) mass is 206 g/mol. The van der Waals surface area contributed by atoms with Crippen molar-refractivity contribution in [3.63, 3.8) is 0 Å². The van der Waals surface area contributed by atoms with Crippen molar-refractivity contribution < 1.29 is 8.85 Å². The molecule has 80 valence electrons. The lowest BCUT2D eigenvalue weighted by molar-refractivity contribution is 0.209. The molecule has 0 aromatic heterocycles. The highest BCUT2D eigenvalue weighted by Crippen LogP contribution is 1.98. The molecule has 0 aliphatic heterocycles. The van der Waals surface area contributed by atoms with Gasteiger partial charge in [0.25, 0.3) is 0 Å². The van der Waals surface area contributed by atoms with Crippen molar-refractivity contribution in [3.8, 4) is 0 Å². The molecule has 2 N–H and O–H groups in total. The van der Waals surface area contributed by atoms with Crippen LogP contribution in [0.4, 0.5) is 0 Å². The molecule has 13 heavy (non-hydrogen) atoms. The van der Waals surface area contributed by atoms with Crippen molar-refractivity contribution in [3.05, 3.63) is 0 Å². The summed E-state index contributed by atoms with van der Waals surface area (Å²) in [5.41, 5.74) is 0. The summed E-state index contributed by atoms with van der Waals surface area (Å²) in [6, 6.07) is 0.357. The minimum Gasteiger partial charge on any atom is -0.374 e.